The average Bonchev–Trinajstić information content (AvgIpc) is 2.18. The second-order valence-corrected chi connectivity index (χ2v) is 3.36. The van der Waals surface area contributed by atoms with Crippen molar-refractivity contribution in [3.63, 3.8) is 0 Å². The molecule has 0 unspecified atom stereocenters. The fraction of sp³-hybridized carbons (Fsp3) is 0.700. The van der Waals surface area contributed by atoms with Crippen molar-refractivity contribution in [3.8, 4) is 0 Å². The molecule has 1 fully saturated rings. The minimum Gasteiger partial charge on any atom is -0.481 e. The highest BCUT2D eigenvalue weighted by atomic mass is 16.7. The summed E-state index contributed by atoms with van der Waals surface area (Å²) in [4.78, 5) is 10.2. The van der Waals surface area contributed by atoms with Crippen LogP contribution in [0.5, 0.6) is 0 Å². The minimum absolute atomic E-state index is 0.203. The summed E-state index contributed by atoms with van der Waals surface area (Å²) in [6.45, 7) is 1.88. The van der Waals surface area contributed by atoms with Gasteiger partial charge in [0.05, 0.1) is 13.2 Å². The first-order valence-corrected chi connectivity index (χ1v) is 4.81. The normalized spacial score (nSPS) is 18.9. The largest absolute Gasteiger partial charge is 0.481 e. The van der Waals surface area contributed by atoms with Crippen LogP contribution in [0.25, 0.3) is 0 Å². The van der Waals surface area contributed by atoms with E-state index in [4.69, 9.17) is 14.6 Å². The molecule has 0 aromatic heterocycles. The van der Waals surface area contributed by atoms with Crippen molar-refractivity contribution in [1.29, 1.82) is 0 Å². The van der Waals surface area contributed by atoms with Gasteiger partial charge in [0.1, 0.15) is 6.79 Å². The van der Waals surface area contributed by atoms with Gasteiger partial charge >= 0.3 is 5.97 Å². The van der Waals surface area contributed by atoms with E-state index in [1.807, 2.05) is 12.2 Å². The molecule has 1 rings (SSSR count). The molecule has 1 heterocycles. The van der Waals surface area contributed by atoms with Gasteiger partial charge in [-0.1, -0.05) is 12.2 Å². The molecule has 1 saturated heterocycles. The number of carboxylic acid groups (broad SMARTS) is 1. The van der Waals surface area contributed by atoms with Crippen molar-refractivity contribution in [1.82, 2.24) is 0 Å². The lowest BCUT2D eigenvalue weighted by Crippen LogP contribution is -2.23. The molecular weight excluding hydrogens is 184 g/mol. The summed E-state index contributed by atoms with van der Waals surface area (Å²) >= 11 is 0. The Morgan fingerprint density at radius 3 is 2.71 bits per heavy atom. The topological polar surface area (TPSA) is 55.8 Å². The van der Waals surface area contributed by atoms with Crippen LogP contribution in [0.1, 0.15) is 19.3 Å². The molecule has 1 aliphatic heterocycles. The van der Waals surface area contributed by atoms with Gasteiger partial charge in [-0.05, 0) is 12.8 Å². The zero-order chi connectivity index (χ0) is 10.2. The van der Waals surface area contributed by atoms with Crippen molar-refractivity contribution < 1.29 is 19.4 Å². The monoisotopic (exact) mass is 200 g/mol. The average molecular weight is 200 g/mol. The number of allylic oxidation sites excluding steroid dienone is 2. The number of rotatable bonds is 5. The summed E-state index contributed by atoms with van der Waals surface area (Å²) in [5, 5.41) is 8.39. The number of aliphatic carboxylic acids is 1. The molecule has 0 spiro atoms. The van der Waals surface area contributed by atoms with Gasteiger partial charge in [0.2, 0.25) is 0 Å². The van der Waals surface area contributed by atoms with Gasteiger partial charge in [-0.3, -0.25) is 4.79 Å². The quantitative estimate of drug-likeness (QED) is 0.682. The maximum absolute atomic E-state index is 10.2. The lowest BCUT2D eigenvalue weighted by Gasteiger charge is -2.20. The predicted octanol–water partition coefficient (Wildman–Crippen LogP) is 1.42. The van der Waals surface area contributed by atoms with Gasteiger partial charge in [-0.25, -0.2) is 0 Å². The first-order chi connectivity index (χ1) is 6.79. The number of ether oxygens (including phenoxy) is 2. The summed E-state index contributed by atoms with van der Waals surface area (Å²) in [7, 11) is 0. The lowest BCUT2D eigenvalue weighted by atomic mass is 10.1. The molecule has 0 aliphatic carbocycles. The molecule has 4 heteroatoms. The van der Waals surface area contributed by atoms with Crippen molar-refractivity contribution in [3.05, 3.63) is 12.2 Å². The minimum atomic E-state index is -0.751. The Balaban J connectivity index is 2.03. The molecule has 0 aromatic carbocycles. The van der Waals surface area contributed by atoms with Crippen LogP contribution in [0, 0.1) is 5.92 Å². The summed E-state index contributed by atoms with van der Waals surface area (Å²) in [5.41, 5.74) is 0. The third-order valence-corrected chi connectivity index (χ3v) is 2.03. The van der Waals surface area contributed by atoms with E-state index in [1.54, 1.807) is 0 Å². The SMILES string of the molecule is O=C(O)CC/C=C\CC1COCOC1. The van der Waals surface area contributed by atoms with Crippen LogP contribution in [0.4, 0.5) is 0 Å². The van der Waals surface area contributed by atoms with E-state index in [0.29, 0.717) is 19.1 Å². The molecule has 0 bridgehead atoms. The lowest BCUT2D eigenvalue weighted by molar-refractivity contribution is -0.136. The number of carbonyl (C=O) groups is 1. The van der Waals surface area contributed by atoms with Crippen molar-refractivity contribution in [2.75, 3.05) is 20.0 Å². The van der Waals surface area contributed by atoms with E-state index in [2.05, 4.69) is 0 Å². The third kappa shape index (κ3) is 4.99. The Morgan fingerprint density at radius 1 is 1.36 bits per heavy atom. The molecule has 1 N–H and O–H groups in total. The Bertz CT molecular complexity index is 194. The zero-order valence-corrected chi connectivity index (χ0v) is 8.15. The molecule has 14 heavy (non-hydrogen) atoms. The summed E-state index contributed by atoms with van der Waals surface area (Å²) in [5.74, 6) is -0.330. The maximum atomic E-state index is 10.2. The molecular formula is C10H16O4. The molecule has 1 aliphatic rings. The van der Waals surface area contributed by atoms with Crippen molar-refractivity contribution >= 4 is 5.97 Å². The van der Waals surface area contributed by atoms with Crippen LogP contribution in [-0.2, 0) is 14.3 Å². The van der Waals surface area contributed by atoms with Gasteiger partial charge in [0.15, 0.2) is 0 Å². The molecule has 0 atom stereocenters. The Labute approximate surface area is 83.5 Å². The van der Waals surface area contributed by atoms with Gasteiger partial charge < -0.3 is 14.6 Å². The smallest absolute Gasteiger partial charge is 0.303 e. The van der Waals surface area contributed by atoms with Crippen LogP contribution in [0.2, 0.25) is 0 Å². The highest BCUT2D eigenvalue weighted by molar-refractivity contribution is 5.66. The van der Waals surface area contributed by atoms with Crippen LogP contribution in [0.15, 0.2) is 12.2 Å². The van der Waals surface area contributed by atoms with Crippen molar-refractivity contribution in [2.24, 2.45) is 5.92 Å². The maximum Gasteiger partial charge on any atom is 0.303 e. The van der Waals surface area contributed by atoms with E-state index in [9.17, 15) is 4.79 Å². The van der Waals surface area contributed by atoms with E-state index < -0.39 is 5.97 Å². The Hall–Kier alpha value is -0.870. The molecule has 4 nitrogen and oxygen atoms in total. The fourth-order valence-corrected chi connectivity index (χ4v) is 1.29. The number of carboxylic acids is 1. The van der Waals surface area contributed by atoms with Crippen LogP contribution in [0.3, 0.4) is 0 Å². The van der Waals surface area contributed by atoms with Gasteiger partial charge in [-0.15, -0.1) is 0 Å². The van der Waals surface area contributed by atoms with Gasteiger partial charge in [-0.2, -0.15) is 0 Å². The highest BCUT2D eigenvalue weighted by Gasteiger charge is 2.11. The van der Waals surface area contributed by atoms with Crippen LogP contribution >= 0.6 is 0 Å². The Morgan fingerprint density at radius 2 is 2.07 bits per heavy atom. The molecule has 80 valence electrons. The summed E-state index contributed by atoms with van der Waals surface area (Å²) in [6, 6.07) is 0. The standard InChI is InChI=1S/C10H16O4/c11-10(12)5-3-1-2-4-9-6-13-8-14-7-9/h1-2,9H,3-8H2,(H,11,12)/b2-1-. The second kappa shape index (κ2) is 6.56. The Kier molecular flexibility index (Phi) is 5.25. The zero-order valence-electron chi connectivity index (χ0n) is 8.15. The van der Waals surface area contributed by atoms with Crippen molar-refractivity contribution in [2.45, 2.75) is 19.3 Å². The summed E-state index contributed by atoms with van der Waals surface area (Å²) < 4.78 is 10.3. The van der Waals surface area contributed by atoms with Crippen LogP contribution < -0.4 is 0 Å². The first kappa shape index (κ1) is 11.2. The van der Waals surface area contributed by atoms with Gasteiger partial charge in [0.25, 0.3) is 0 Å². The molecule has 0 amide bonds. The van der Waals surface area contributed by atoms with E-state index in [1.165, 1.54) is 0 Å². The second-order valence-electron chi connectivity index (χ2n) is 3.36. The fourth-order valence-electron chi connectivity index (χ4n) is 1.29. The first-order valence-electron chi connectivity index (χ1n) is 4.81. The van der Waals surface area contributed by atoms with Crippen LogP contribution in [-0.4, -0.2) is 31.1 Å². The summed E-state index contributed by atoms with van der Waals surface area (Å²) in [6.07, 6.45) is 5.62. The molecule has 0 radical (unpaired) electrons. The third-order valence-electron chi connectivity index (χ3n) is 2.03. The number of hydrogen-bond acceptors (Lipinski definition) is 3. The number of hydrogen-bond donors (Lipinski definition) is 1. The molecule has 0 aromatic rings. The molecule has 0 saturated carbocycles. The highest BCUT2D eigenvalue weighted by Crippen LogP contribution is 2.10. The van der Waals surface area contributed by atoms with E-state index in [-0.39, 0.29) is 6.42 Å². The van der Waals surface area contributed by atoms with E-state index >= 15 is 0 Å². The van der Waals surface area contributed by atoms with E-state index in [0.717, 1.165) is 19.6 Å². The predicted molar refractivity (Wildman–Crippen MR) is 50.9 cm³/mol. The van der Waals surface area contributed by atoms with Gasteiger partial charge in [0, 0.05) is 12.3 Å².